The standard InChI is InChI=1S/C19H19N3O4S/c1-12(23)22-14-8-6-13(7-9-14)19(26)27-16-5-3-2-4-15(16)18(25)21-11-10-17(20)24/h2-9H,10-11H2,1H3,(H2,20,24)(H,21,25)(H,22,23). The summed E-state index contributed by atoms with van der Waals surface area (Å²) in [7, 11) is 0. The fourth-order valence-electron chi connectivity index (χ4n) is 2.19. The fourth-order valence-corrected chi connectivity index (χ4v) is 3.06. The smallest absolute Gasteiger partial charge is 0.252 e. The lowest BCUT2D eigenvalue weighted by molar-refractivity contribution is -0.118. The van der Waals surface area contributed by atoms with E-state index in [9.17, 15) is 19.2 Å². The summed E-state index contributed by atoms with van der Waals surface area (Å²) in [5.74, 6) is -1.08. The van der Waals surface area contributed by atoms with Crippen molar-refractivity contribution >= 4 is 40.3 Å². The summed E-state index contributed by atoms with van der Waals surface area (Å²) in [4.78, 5) is 47.1. The average molecular weight is 385 g/mol. The summed E-state index contributed by atoms with van der Waals surface area (Å²) in [6.07, 6.45) is 0.0423. The van der Waals surface area contributed by atoms with E-state index in [2.05, 4.69) is 10.6 Å². The van der Waals surface area contributed by atoms with Gasteiger partial charge in [0.05, 0.1) is 5.56 Å². The van der Waals surface area contributed by atoms with Gasteiger partial charge in [-0.25, -0.2) is 0 Å². The normalized spacial score (nSPS) is 10.1. The zero-order valence-electron chi connectivity index (χ0n) is 14.7. The first-order valence-electron chi connectivity index (χ1n) is 8.12. The molecule has 2 aromatic carbocycles. The minimum Gasteiger partial charge on any atom is -0.370 e. The molecular weight excluding hydrogens is 366 g/mol. The van der Waals surface area contributed by atoms with Gasteiger partial charge in [-0.3, -0.25) is 19.2 Å². The topological polar surface area (TPSA) is 118 Å². The number of carbonyl (C=O) groups is 4. The van der Waals surface area contributed by atoms with Crippen LogP contribution < -0.4 is 16.4 Å². The van der Waals surface area contributed by atoms with Crippen molar-refractivity contribution in [2.75, 3.05) is 11.9 Å². The number of amides is 3. The van der Waals surface area contributed by atoms with E-state index in [1.807, 2.05) is 0 Å². The summed E-state index contributed by atoms with van der Waals surface area (Å²) >= 11 is 0.932. The van der Waals surface area contributed by atoms with E-state index in [0.29, 0.717) is 21.7 Å². The van der Waals surface area contributed by atoms with Gasteiger partial charge in [-0.1, -0.05) is 12.1 Å². The summed E-state index contributed by atoms with van der Waals surface area (Å²) in [5.41, 5.74) is 6.43. The molecule has 0 fully saturated rings. The zero-order valence-corrected chi connectivity index (χ0v) is 15.5. The quantitative estimate of drug-likeness (QED) is 0.631. The monoisotopic (exact) mass is 385 g/mol. The second-order valence-corrected chi connectivity index (χ2v) is 6.63. The van der Waals surface area contributed by atoms with Gasteiger partial charge in [0.25, 0.3) is 5.91 Å². The van der Waals surface area contributed by atoms with Gasteiger partial charge in [0.15, 0.2) is 0 Å². The number of anilines is 1. The van der Waals surface area contributed by atoms with Crippen LogP contribution in [0.3, 0.4) is 0 Å². The van der Waals surface area contributed by atoms with Gasteiger partial charge in [0.2, 0.25) is 16.9 Å². The maximum atomic E-state index is 12.5. The van der Waals surface area contributed by atoms with Gasteiger partial charge >= 0.3 is 0 Å². The van der Waals surface area contributed by atoms with Crippen molar-refractivity contribution in [1.82, 2.24) is 5.32 Å². The summed E-state index contributed by atoms with van der Waals surface area (Å²) in [6, 6.07) is 13.2. The number of rotatable bonds is 7. The van der Waals surface area contributed by atoms with Gasteiger partial charge in [0.1, 0.15) is 0 Å². The third-order valence-electron chi connectivity index (χ3n) is 3.43. The van der Waals surface area contributed by atoms with Crippen LogP contribution in [0.1, 0.15) is 34.1 Å². The van der Waals surface area contributed by atoms with E-state index in [-0.39, 0.29) is 29.9 Å². The van der Waals surface area contributed by atoms with Gasteiger partial charge in [-0.05, 0) is 48.2 Å². The predicted molar refractivity (Wildman–Crippen MR) is 104 cm³/mol. The van der Waals surface area contributed by atoms with E-state index in [0.717, 1.165) is 11.8 Å². The van der Waals surface area contributed by atoms with Crippen LogP contribution in [0.2, 0.25) is 0 Å². The Labute approximate surface area is 160 Å². The molecule has 0 spiro atoms. The molecule has 7 nitrogen and oxygen atoms in total. The first-order chi connectivity index (χ1) is 12.9. The molecule has 0 unspecified atom stereocenters. The van der Waals surface area contributed by atoms with Gasteiger partial charge < -0.3 is 16.4 Å². The minimum absolute atomic E-state index is 0.0423. The fraction of sp³-hybridized carbons (Fsp3) is 0.158. The molecule has 0 atom stereocenters. The van der Waals surface area contributed by atoms with Crippen LogP contribution in [0, 0.1) is 0 Å². The molecule has 0 radical (unpaired) electrons. The zero-order chi connectivity index (χ0) is 19.8. The Morgan fingerprint density at radius 3 is 2.30 bits per heavy atom. The van der Waals surface area contributed by atoms with Crippen LogP contribution in [0.25, 0.3) is 0 Å². The van der Waals surface area contributed by atoms with E-state index in [1.165, 1.54) is 6.92 Å². The molecule has 0 aliphatic carbocycles. The molecular formula is C19H19N3O4S. The number of nitrogens with two attached hydrogens (primary N) is 1. The molecule has 0 heterocycles. The highest BCUT2D eigenvalue weighted by molar-refractivity contribution is 8.14. The summed E-state index contributed by atoms with van der Waals surface area (Å²) in [5, 5.41) is 5.00. The lowest BCUT2D eigenvalue weighted by Gasteiger charge is -2.09. The summed E-state index contributed by atoms with van der Waals surface area (Å²) < 4.78 is 0. The average Bonchev–Trinajstić information content (AvgIpc) is 2.61. The molecule has 0 aliphatic heterocycles. The highest BCUT2D eigenvalue weighted by Crippen LogP contribution is 2.27. The molecule has 140 valence electrons. The van der Waals surface area contributed by atoms with Crippen molar-refractivity contribution in [3.8, 4) is 0 Å². The van der Waals surface area contributed by atoms with Crippen LogP contribution >= 0.6 is 11.8 Å². The SMILES string of the molecule is CC(=O)Nc1ccc(C(=O)Sc2ccccc2C(=O)NCCC(N)=O)cc1. The van der Waals surface area contributed by atoms with Crippen LogP contribution in [0.15, 0.2) is 53.4 Å². The van der Waals surface area contributed by atoms with Crippen molar-refractivity contribution in [2.45, 2.75) is 18.2 Å². The molecule has 27 heavy (non-hydrogen) atoms. The third-order valence-corrected chi connectivity index (χ3v) is 4.43. The van der Waals surface area contributed by atoms with Gasteiger partial charge in [-0.2, -0.15) is 0 Å². The van der Waals surface area contributed by atoms with Crippen molar-refractivity contribution in [2.24, 2.45) is 5.73 Å². The largest absolute Gasteiger partial charge is 0.370 e. The lowest BCUT2D eigenvalue weighted by Crippen LogP contribution is -2.28. The number of hydrogen-bond acceptors (Lipinski definition) is 5. The Bertz CT molecular complexity index is 866. The van der Waals surface area contributed by atoms with Crippen LogP contribution in [-0.2, 0) is 9.59 Å². The Morgan fingerprint density at radius 1 is 1.00 bits per heavy atom. The second-order valence-electron chi connectivity index (χ2n) is 5.62. The molecule has 0 aromatic heterocycles. The van der Waals surface area contributed by atoms with Crippen molar-refractivity contribution < 1.29 is 19.2 Å². The molecule has 8 heteroatoms. The predicted octanol–water partition coefficient (Wildman–Crippen LogP) is 2.18. The number of thioether (sulfide) groups is 1. The van der Waals surface area contributed by atoms with Gasteiger partial charge in [-0.15, -0.1) is 0 Å². The van der Waals surface area contributed by atoms with E-state index in [1.54, 1.807) is 48.5 Å². The number of carbonyl (C=O) groups excluding carboxylic acids is 4. The number of primary amides is 1. The Balaban J connectivity index is 2.08. The maximum absolute atomic E-state index is 12.5. The molecule has 2 aromatic rings. The van der Waals surface area contributed by atoms with E-state index < -0.39 is 5.91 Å². The second kappa shape index (κ2) is 9.54. The Morgan fingerprint density at radius 2 is 1.67 bits per heavy atom. The van der Waals surface area contributed by atoms with E-state index >= 15 is 0 Å². The van der Waals surface area contributed by atoms with E-state index in [4.69, 9.17) is 5.73 Å². The molecule has 2 rings (SSSR count). The molecule has 0 saturated carbocycles. The number of hydrogen-bond donors (Lipinski definition) is 3. The Kier molecular flexibility index (Phi) is 7.13. The molecule has 4 N–H and O–H groups in total. The highest BCUT2D eigenvalue weighted by atomic mass is 32.2. The number of benzene rings is 2. The highest BCUT2D eigenvalue weighted by Gasteiger charge is 2.15. The first-order valence-corrected chi connectivity index (χ1v) is 8.94. The molecule has 0 bridgehead atoms. The Hall–Kier alpha value is -3.13. The van der Waals surface area contributed by atoms with Crippen LogP contribution in [0.4, 0.5) is 5.69 Å². The first kappa shape index (κ1) is 20.2. The molecule has 3 amide bonds. The minimum atomic E-state index is -0.504. The van der Waals surface area contributed by atoms with Crippen LogP contribution in [0.5, 0.6) is 0 Å². The summed E-state index contributed by atoms with van der Waals surface area (Å²) in [6.45, 7) is 1.53. The molecule has 0 aliphatic rings. The van der Waals surface area contributed by atoms with Gasteiger partial charge in [0, 0.05) is 36.0 Å². The third kappa shape index (κ3) is 6.27. The van der Waals surface area contributed by atoms with Crippen molar-refractivity contribution in [3.63, 3.8) is 0 Å². The number of nitrogens with one attached hydrogen (secondary N) is 2. The maximum Gasteiger partial charge on any atom is 0.252 e. The van der Waals surface area contributed by atoms with Crippen molar-refractivity contribution in [1.29, 1.82) is 0 Å². The molecule has 0 saturated heterocycles. The lowest BCUT2D eigenvalue weighted by atomic mass is 10.2. The van der Waals surface area contributed by atoms with Crippen molar-refractivity contribution in [3.05, 3.63) is 59.7 Å². The van der Waals surface area contributed by atoms with Crippen LogP contribution in [-0.4, -0.2) is 29.4 Å².